The van der Waals surface area contributed by atoms with Crippen molar-refractivity contribution in [2.24, 2.45) is 0 Å². The molecule has 2 nitrogen and oxygen atoms in total. The summed E-state index contributed by atoms with van der Waals surface area (Å²) in [4.78, 5) is 2.31. The maximum atomic E-state index is 4.19. The number of para-hydroxylation sites is 4. The van der Waals surface area contributed by atoms with Gasteiger partial charge in [-0.2, -0.15) is 0 Å². The van der Waals surface area contributed by atoms with Crippen molar-refractivity contribution in [1.82, 2.24) is 4.57 Å². The Kier molecular flexibility index (Phi) is 7.94. The van der Waals surface area contributed by atoms with Gasteiger partial charge in [0.15, 0.2) is 0 Å². The topological polar surface area (TPSA) is 8.17 Å². The zero-order chi connectivity index (χ0) is 35.1. The van der Waals surface area contributed by atoms with Crippen LogP contribution >= 0.6 is 0 Å². The third-order valence-corrected chi connectivity index (χ3v) is 10.8. The summed E-state index contributed by atoms with van der Waals surface area (Å²) in [5, 5.41) is 2.53. The van der Waals surface area contributed by atoms with Crippen LogP contribution in [-0.2, 0) is 5.41 Å². The van der Waals surface area contributed by atoms with Crippen molar-refractivity contribution in [3.63, 3.8) is 0 Å². The molecule has 0 N–H and O–H groups in total. The fourth-order valence-electron chi connectivity index (χ4n) is 8.67. The van der Waals surface area contributed by atoms with Crippen LogP contribution in [0, 0.1) is 0 Å². The monoisotopic (exact) mass is 668 g/mol. The van der Waals surface area contributed by atoms with Crippen molar-refractivity contribution in [3.05, 3.63) is 217 Å². The highest BCUT2D eigenvalue weighted by atomic mass is 15.1. The molecule has 0 bridgehead atoms. The van der Waals surface area contributed by atoms with Crippen molar-refractivity contribution in [2.75, 3.05) is 4.90 Å². The Labute approximate surface area is 306 Å². The number of fused-ring (bicyclic) bond motifs is 5. The van der Waals surface area contributed by atoms with E-state index in [1.165, 1.54) is 60.9 Å². The molecule has 0 saturated carbocycles. The number of nitrogens with zero attached hydrogens (tertiary/aromatic N) is 2. The molecule has 7 aromatic carbocycles. The van der Waals surface area contributed by atoms with Gasteiger partial charge < -0.3 is 9.47 Å². The predicted octanol–water partition coefficient (Wildman–Crippen LogP) is 13.5. The predicted molar refractivity (Wildman–Crippen MR) is 220 cm³/mol. The minimum Gasteiger partial charge on any atom is -0.311 e. The molecule has 9 rings (SSSR count). The molecule has 1 aliphatic rings. The van der Waals surface area contributed by atoms with Crippen LogP contribution in [0.4, 0.5) is 17.1 Å². The van der Waals surface area contributed by atoms with E-state index < -0.39 is 5.41 Å². The highest BCUT2D eigenvalue weighted by Gasteiger charge is 2.45. The second-order valence-corrected chi connectivity index (χ2v) is 13.6. The number of hydrogen-bond acceptors (Lipinski definition) is 1. The second kappa shape index (κ2) is 13.1. The molecule has 2 heteroatoms. The smallest absolute Gasteiger partial charge is 0.0705 e. The fraction of sp³-hybridized carbons (Fsp3) is 0.0800. The first-order chi connectivity index (χ1) is 25.7. The maximum Gasteiger partial charge on any atom is 0.0705 e. The number of aromatic nitrogens is 1. The largest absolute Gasteiger partial charge is 0.311 e. The van der Waals surface area contributed by atoms with Crippen molar-refractivity contribution in [2.45, 2.75) is 25.2 Å². The summed E-state index contributed by atoms with van der Waals surface area (Å²) >= 11 is 0. The van der Waals surface area contributed by atoms with Crippen LogP contribution in [0.25, 0.3) is 38.6 Å². The summed E-state index contributed by atoms with van der Waals surface area (Å²) in [6.07, 6.45) is 6.26. The van der Waals surface area contributed by atoms with Gasteiger partial charge in [0.25, 0.3) is 0 Å². The Balaban J connectivity index is 1.24. The van der Waals surface area contributed by atoms with Crippen LogP contribution in [0.2, 0.25) is 0 Å². The molecule has 1 aromatic heterocycles. The van der Waals surface area contributed by atoms with E-state index in [1.54, 1.807) is 0 Å². The zero-order valence-corrected chi connectivity index (χ0v) is 29.4. The molecule has 250 valence electrons. The Hall–Kier alpha value is -6.38. The van der Waals surface area contributed by atoms with Gasteiger partial charge in [0, 0.05) is 27.8 Å². The number of hydrogen-bond donors (Lipinski definition) is 0. The van der Waals surface area contributed by atoms with Gasteiger partial charge in [0.05, 0.1) is 22.1 Å². The van der Waals surface area contributed by atoms with E-state index in [4.69, 9.17) is 0 Å². The summed E-state index contributed by atoms with van der Waals surface area (Å²) in [6, 6.07) is 64.2. The molecule has 8 aromatic rings. The number of rotatable bonds is 9. The first-order valence-corrected chi connectivity index (χ1v) is 18.3. The first-order valence-electron chi connectivity index (χ1n) is 18.3. The minimum absolute atomic E-state index is 0.450. The lowest BCUT2D eigenvalue weighted by Crippen LogP contribution is -2.36. The van der Waals surface area contributed by atoms with E-state index in [0.29, 0.717) is 0 Å². The number of anilines is 3. The van der Waals surface area contributed by atoms with Crippen molar-refractivity contribution in [3.8, 4) is 16.8 Å². The second-order valence-electron chi connectivity index (χ2n) is 13.6. The van der Waals surface area contributed by atoms with Gasteiger partial charge in [-0.15, -0.1) is 0 Å². The molecule has 1 atom stereocenters. The Morgan fingerprint density at radius 3 is 1.87 bits per heavy atom. The highest BCUT2D eigenvalue weighted by Crippen LogP contribution is 2.55. The lowest BCUT2D eigenvalue weighted by atomic mass is 9.61. The summed E-state index contributed by atoms with van der Waals surface area (Å²) in [6.45, 7) is 6.46. The fourth-order valence-corrected chi connectivity index (χ4v) is 8.67. The van der Waals surface area contributed by atoms with Gasteiger partial charge >= 0.3 is 0 Å². The quantitative estimate of drug-likeness (QED) is 0.139. The van der Waals surface area contributed by atoms with Gasteiger partial charge in [-0.1, -0.05) is 159 Å². The van der Waals surface area contributed by atoms with Crippen LogP contribution in [0.15, 0.2) is 200 Å². The van der Waals surface area contributed by atoms with Crippen molar-refractivity contribution >= 4 is 38.9 Å². The average Bonchev–Trinajstić information content (AvgIpc) is 3.54. The summed E-state index contributed by atoms with van der Waals surface area (Å²) < 4.78 is 2.51. The van der Waals surface area contributed by atoms with Gasteiger partial charge in [-0.3, -0.25) is 0 Å². The van der Waals surface area contributed by atoms with E-state index >= 15 is 0 Å². The standard InChI is InChI=1S/C50H40N2/c1-3-17-38(18-4-2)50(39-19-8-5-9-20-39)45-26-14-15-28-48(45)52-47-34-31-37(35-44(47)43-25-16-27-46(50)49(43)52)36-29-32-42(33-30-36)51(40-21-10-6-11-22-40)41-23-12-7-13-24-41/h3,5-17,19-35H,1,4,18H2,2H3/b38-17+. The number of allylic oxidation sites excluding steroid dienone is 3. The molecular weight excluding hydrogens is 629 g/mol. The van der Waals surface area contributed by atoms with E-state index in [1.807, 2.05) is 6.08 Å². The van der Waals surface area contributed by atoms with Gasteiger partial charge in [0.1, 0.15) is 0 Å². The van der Waals surface area contributed by atoms with E-state index in [-0.39, 0.29) is 0 Å². The lowest BCUT2D eigenvalue weighted by Gasteiger charge is -2.43. The molecule has 0 fully saturated rings. The molecule has 0 spiro atoms. The molecular formula is C50H40N2. The van der Waals surface area contributed by atoms with Crippen LogP contribution in [-0.4, -0.2) is 4.57 Å². The number of benzene rings is 7. The minimum atomic E-state index is -0.450. The maximum absolute atomic E-state index is 4.19. The Bertz CT molecular complexity index is 2540. The van der Waals surface area contributed by atoms with Crippen LogP contribution in [0.1, 0.15) is 36.5 Å². The van der Waals surface area contributed by atoms with Gasteiger partial charge in [-0.05, 0) is 88.8 Å². The van der Waals surface area contributed by atoms with Crippen LogP contribution < -0.4 is 4.90 Å². The first kappa shape index (κ1) is 31.6. The SMILES string of the molecule is C=C/C=C(\CCC)C1(c2ccccc2)c2ccccc2-n2c3ccc(-c4ccc(N(c5ccccc5)c5ccccc5)cc4)cc3c3cccc1c32. The molecule has 0 saturated heterocycles. The van der Waals surface area contributed by atoms with E-state index in [9.17, 15) is 0 Å². The van der Waals surface area contributed by atoms with Gasteiger partial charge in [-0.25, -0.2) is 0 Å². The van der Waals surface area contributed by atoms with Crippen molar-refractivity contribution in [1.29, 1.82) is 0 Å². The molecule has 1 unspecified atom stereocenters. The highest BCUT2D eigenvalue weighted by molar-refractivity contribution is 6.13. The molecule has 0 amide bonds. The van der Waals surface area contributed by atoms with E-state index in [2.05, 4.69) is 205 Å². The van der Waals surface area contributed by atoms with Crippen LogP contribution in [0.5, 0.6) is 0 Å². The third kappa shape index (κ3) is 4.86. The molecule has 1 aliphatic heterocycles. The summed E-state index contributed by atoms with van der Waals surface area (Å²) in [7, 11) is 0. The summed E-state index contributed by atoms with van der Waals surface area (Å²) in [5.74, 6) is 0. The Morgan fingerprint density at radius 2 is 1.19 bits per heavy atom. The molecule has 2 heterocycles. The van der Waals surface area contributed by atoms with Gasteiger partial charge in [0.2, 0.25) is 0 Å². The third-order valence-electron chi connectivity index (χ3n) is 10.8. The van der Waals surface area contributed by atoms with Crippen molar-refractivity contribution < 1.29 is 0 Å². The average molecular weight is 669 g/mol. The molecule has 0 radical (unpaired) electrons. The zero-order valence-electron chi connectivity index (χ0n) is 29.4. The summed E-state index contributed by atoms with van der Waals surface area (Å²) in [5.41, 5.74) is 14.3. The molecule has 0 aliphatic carbocycles. The normalized spacial score (nSPS) is 15.1. The Morgan fingerprint density at radius 1 is 0.596 bits per heavy atom. The molecule has 52 heavy (non-hydrogen) atoms. The lowest BCUT2D eigenvalue weighted by molar-refractivity contribution is 0.661. The van der Waals surface area contributed by atoms with E-state index in [0.717, 1.165) is 29.9 Å². The van der Waals surface area contributed by atoms with Crippen LogP contribution in [0.3, 0.4) is 0 Å².